The Morgan fingerprint density at radius 2 is 2.32 bits per heavy atom. The molecule has 0 saturated heterocycles. The fourth-order valence-corrected chi connectivity index (χ4v) is 1.68. The molecule has 0 bridgehead atoms. The fourth-order valence-electron chi connectivity index (χ4n) is 1.68. The van der Waals surface area contributed by atoms with Crippen LogP contribution in [0.15, 0.2) is 29.1 Å². The average molecular weight is 261 g/mol. The molecule has 2 aromatic heterocycles. The minimum atomic E-state index is -0.386. The predicted molar refractivity (Wildman–Crippen MR) is 67.4 cm³/mol. The average Bonchev–Trinajstić information content (AvgIpc) is 2.80. The van der Waals surface area contributed by atoms with Crippen LogP contribution in [0.2, 0.25) is 0 Å². The second-order valence-corrected chi connectivity index (χ2v) is 3.98. The van der Waals surface area contributed by atoms with Gasteiger partial charge >= 0.3 is 5.97 Å². The van der Waals surface area contributed by atoms with Crippen LogP contribution in [-0.4, -0.2) is 23.0 Å². The van der Waals surface area contributed by atoms with Crippen LogP contribution in [0.4, 0.5) is 0 Å². The van der Waals surface area contributed by atoms with Gasteiger partial charge in [-0.25, -0.2) is 14.8 Å². The number of hydrogen-bond acceptors (Lipinski definition) is 6. The number of aryl methyl sites for hydroxylation is 1. The summed E-state index contributed by atoms with van der Waals surface area (Å²) in [5.74, 6) is 0.862. The molecule has 0 atom stereocenters. The van der Waals surface area contributed by atoms with Crippen LogP contribution in [0.25, 0.3) is 0 Å². The Morgan fingerprint density at radius 3 is 3.00 bits per heavy atom. The molecule has 0 radical (unpaired) electrons. The van der Waals surface area contributed by atoms with Crippen molar-refractivity contribution in [3.8, 4) is 0 Å². The van der Waals surface area contributed by atoms with Crippen LogP contribution < -0.4 is 5.32 Å². The Morgan fingerprint density at radius 1 is 1.47 bits per heavy atom. The highest BCUT2D eigenvalue weighted by molar-refractivity contribution is 5.90. The number of hydrogen-bond donors (Lipinski definition) is 1. The number of carbonyl (C=O) groups is 1. The summed E-state index contributed by atoms with van der Waals surface area (Å²) in [6.07, 6.45) is 3.19. The first kappa shape index (κ1) is 13.2. The lowest BCUT2D eigenvalue weighted by Crippen LogP contribution is -2.13. The van der Waals surface area contributed by atoms with Crippen molar-refractivity contribution in [2.45, 2.75) is 20.0 Å². The smallest absolute Gasteiger partial charge is 0.341 e. The monoisotopic (exact) mass is 261 g/mol. The predicted octanol–water partition coefficient (Wildman–Crippen LogP) is 1.45. The number of furan rings is 1. The van der Waals surface area contributed by atoms with Crippen molar-refractivity contribution < 1.29 is 13.9 Å². The van der Waals surface area contributed by atoms with Gasteiger partial charge in [0.25, 0.3) is 0 Å². The first-order valence-electron chi connectivity index (χ1n) is 5.84. The van der Waals surface area contributed by atoms with Gasteiger partial charge in [-0.1, -0.05) is 0 Å². The summed E-state index contributed by atoms with van der Waals surface area (Å²) >= 11 is 0. The zero-order valence-electron chi connectivity index (χ0n) is 10.8. The molecular weight excluding hydrogens is 246 g/mol. The van der Waals surface area contributed by atoms with Crippen molar-refractivity contribution in [3.05, 3.63) is 47.4 Å². The standard InChI is InChI=1S/C13H15N3O3/c1-9-12(13(17)18-2)5-11(19-9)7-15-6-10-3-4-14-8-16-10/h3-5,8,15H,6-7H2,1-2H3. The molecule has 0 aliphatic heterocycles. The van der Waals surface area contributed by atoms with Gasteiger partial charge in [-0.3, -0.25) is 0 Å². The molecule has 2 heterocycles. The van der Waals surface area contributed by atoms with E-state index in [0.717, 1.165) is 5.69 Å². The highest BCUT2D eigenvalue weighted by Crippen LogP contribution is 2.15. The molecule has 2 aromatic rings. The molecule has 0 fully saturated rings. The lowest BCUT2D eigenvalue weighted by atomic mass is 10.2. The van der Waals surface area contributed by atoms with Gasteiger partial charge in [0.05, 0.1) is 19.3 Å². The Labute approximate surface area is 110 Å². The van der Waals surface area contributed by atoms with Crippen LogP contribution in [0.3, 0.4) is 0 Å². The van der Waals surface area contributed by atoms with E-state index in [1.165, 1.54) is 13.4 Å². The Hall–Kier alpha value is -2.21. The number of esters is 1. The lowest BCUT2D eigenvalue weighted by molar-refractivity contribution is 0.0599. The third-order valence-corrected chi connectivity index (χ3v) is 2.62. The molecule has 0 spiro atoms. The number of methoxy groups -OCH3 is 1. The van der Waals surface area contributed by atoms with E-state index in [-0.39, 0.29) is 5.97 Å². The van der Waals surface area contributed by atoms with Crippen molar-refractivity contribution in [2.24, 2.45) is 0 Å². The van der Waals surface area contributed by atoms with Gasteiger partial charge in [-0.2, -0.15) is 0 Å². The Balaban J connectivity index is 1.92. The van der Waals surface area contributed by atoms with E-state index in [4.69, 9.17) is 4.42 Å². The number of rotatable bonds is 5. The highest BCUT2D eigenvalue weighted by Gasteiger charge is 2.14. The Kier molecular flexibility index (Phi) is 4.25. The zero-order valence-corrected chi connectivity index (χ0v) is 10.8. The summed E-state index contributed by atoms with van der Waals surface area (Å²) in [5, 5.41) is 3.18. The van der Waals surface area contributed by atoms with Crippen molar-refractivity contribution >= 4 is 5.97 Å². The molecule has 0 aliphatic carbocycles. The zero-order chi connectivity index (χ0) is 13.7. The molecule has 6 heteroatoms. The molecule has 0 saturated carbocycles. The maximum Gasteiger partial charge on any atom is 0.341 e. The number of carbonyl (C=O) groups excluding carboxylic acids is 1. The molecule has 100 valence electrons. The third-order valence-electron chi connectivity index (χ3n) is 2.62. The molecule has 6 nitrogen and oxygen atoms in total. The molecule has 0 amide bonds. The van der Waals surface area contributed by atoms with Crippen molar-refractivity contribution in [2.75, 3.05) is 7.11 Å². The van der Waals surface area contributed by atoms with Crippen molar-refractivity contribution in [1.29, 1.82) is 0 Å². The molecule has 2 rings (SSSR count). The lowest BCUT2D eigenvalue weighted by Gasteiger charge is -2.01. The maximum atomic E-state index is 11.4. The van der Waals surface area contributed by atoms with Gasteiger partial charge in [0.15, 0.2) is 0 Å². The summed E-state index contributed by atoms with van der Waals surface area (Å²) in [6, 6.07) is 3.52. The summed E-state index contributed by atoms with van der Waals surface area (Å²) in [6.45, 7) is 2.86. The highest BCUT2D eigenvalue weighted by atomic mass is 16.5. The van der Waals surface area contributed by atoms with E-state index in [9.17, 15) is 4.79 Å². The number of nitrogens with zero attached hydrogens (tertiary/aromatic N) is 2. The van der Waals surface area contributed by atoms with E-state index < -0.39 is 0 Å². The van der Waals surface area contributed by atoms with Crippen LogP contribution in [0.5, 0.6) is 0 Å². The van der Waals surface area contributed by atoms with E-state index in [2.05, 4.69) is 20.0 Å². The molecule has 0 aliphatic rings. The summed E-state index contributed by atoms with van der Waals surface area (Å²) in [7, 11) is 1.35. The topological polar surface area (TPSA) is 77.2 Å². The van der Waals surface area contributed by atoms with Crippen LogP contribution >= 0.6 is 0 Å². The molecule has 19 heavy (non-hydrogen) atoms. The van der Waals surface area contributed by atoms with E-state index in [0.29, 0.717) is 30.2 Å². The van der Waals surface area contributed by atoms with Crippen LogP contribution in [-0.2, 0) is 17.8 Å². The second kappa shape index (κ2) is 6.10. The first-order valence-corrected chi connectivity index (χ1v) is 5.84. The summed E-state index contributed by atoms with van der Waals surface area (Å²) in [5.41, 5.74) is 1.35. The largest absolute Gasteiger partial charge is 0.465 e. The molecule has 0 unspecified atom stereocenters. The van der Waals surface area contributed by atoms with Gasteiger partial charge in [0.1, 0.15) is 23.4 Å². The minimum absolute atomic E-state index is 0.386. The Bertz CT molecular complexity index is 552. The third kappa shape index (κ3) is 3.38. The number of nitrogens with one attached hydrogen (secondary N) is 1. The normalized spacial score (nSPS) is 10.4. The molecule has 1 N–H and O–H groups in total. The van der Waals surface area contributed by atoms with Gasteiger partial charge < -0.3 is 14.5 Å². The molecular formula is C13H15N3O3. The quantitative estimate of drug-likeness (QED) is 0.821. The number of aromatic nitrogens is 2. The van der Waals surface area contributed by atoms with Crippen LogP contribution in [0, 0.1) is 6.92 Å². The van der Waals surface area contributed by atoms with Gasteiger partial charge in [0, 0.05) is 12.7 Å². The van der Waals surface area contributed by atoms with E-state index in [1.54, 1.807) is 19.2 Å². The second-order valence-electron chi connectivity index (χ2n) is 3.98. The van der Waals surface area contributed by atoms with Crippen LogP contribution in [0.1, 0.15) is 27.6 Å². The minimum Gasteiger partial charge on any atom is -0.465 e. The maximum absolute atomic E-state index is 11.4. The van der Waals surface area contributed by atoms with Crippen molar-refractivity contribution in [3.63, 3.8) is 0 Å². The summed E-state index contributed by atoms with van der Waals surface area (Å²) in [4.78, 5) is 19.4. The van der Waals surface area contributed by atoms with E-state index in [1.807, 2.05) is 6.07 Å². The summed E-state index contributed by atoms with van der Waals surface area (Å²) < 4.78 is 10.1. The first-order chi connectivity index (χ1) is 9.20. The SMILES string of the molecule is COC(=O)c1cc(CNCc2ccncn2)oc1C. The molecule has 0 aromatic carbocycles. The van der Waals surface area contributed by atoms with E-state index >= 15 is 0 Å². The number of ether oxygens (including phenoxy) is 1. The van der Waals surface area contributed by atoms with Gasteiger partial charge in [-0.15, -0.1) is 0 Å². The van der Waals surface area contributed by atoms with Gasteiger partial charge in [0.2, 0.25) is 0 Å². The van der Waals surface area contributed by atoms with Crippen molar-refractivity contribution in [1.82, 2.24) is 15.3 Å². The van der Waals surface area contributed by atoms with Gasteiger partial charge in [-0.05, 0) is 19.1 Å². The fraction of sp³-hybridized carbons (Fsp3) is 0.308.